The minimum Gasteiger partial charge on any atom is -0.324 e. The summed E-state index contributed by atoms with van der Waals surface area (Å²) in [5.74, 6) is 1.04. The second-order valence-electron chi connectivity index (χ2n) is 7.23. The number of carbonyl (C=O) groups is 1. The van der Waals surface area contributed by atoms with Gasteiger partial charge >= 0.3 is 0 Å². The fraction of sp³-hybridized carbons (Fsp3) is 0.632. The van der Waals surface area contributed by atoms with Crippen molar-refractivity contribution in [2.45, 2.75) is 58.4 Å². The Morgan fingerprint density at radius 1 is 1.14 bits per heavy atom. The molecule has 0 radical (unpaired) electrons. The third-order valence-electron chi connectivity index (χ3n) is 5.68. The number of anilines is 1. The van der Waals surface area contributed by atoms with Gasteiger partial charge in [0.15, 0.2) is 6.54 Å². The van der Waals surface area contributed by atoms with Crippen LogP contribution in [0.3, 0.4) is 0 Å². The summed E-state index contributed by atoms with van der Waals surface area (Å²) in [5.41, 5.74) is 3.44. The molecule has 1 aliphatic heterocycles. The second kappa shape index (κ2) is 6.82. The normalized spacial score (nSPS) is 28.0. The molecule has 3 rings (SSSR count). The lowest BCUT2D eigenvalue weighted by molar-refractivity contribution is -0.928. The number of fused-ring (bicyclic) bond motifs is 1. The van der Waals surface area contributed by atoms with E-state index in [4.69, 9.17) is 0 Å². The van der Waals surface area contributed by atoms with Crippen LogP contribution in [0.5, 0.6) is 0 Å². The first-order chi connectivity index (χ1) is 10.6. The van der Waals surface area contributed by atoms with Crippen LogP contribution in [-0.2, 0) is 4.79 Å². The number of aryl methyl sites for hydroxylation is 2. The molecule has 0 bridgehead atoms. The van der Waals surface area contributed by atoms with Gasteiger partial charge in [-0.05, 0) is 69.2 Å². The fourth-order valence-corrected chi connectivity index (χ4v) is 4.32. The van der Waals surface area contributed by atoms with Gasteiger partial charge in [0.25, 0.3) is 5.91 Å². The molecule has 3 nitrogen and oxygen atoms in total. The van der Waals surface area contributed by atoms with Gasteiger partial charge in [0, 0.05) is 11.6 Å². The molecule has 1 aromatic carbocycles. The summed E-state index contributed by atoms with van der Waals surface area (Å²) in [4.78, 5) is 13.9. The van der Waals surface area contributed by atoms with Crippen LogP contribution >= 0.6 is 0 Å². The maximum absolute atomic E-state index is 12.4. The molecule has 1 aliphatic carbocycles. The molecule has 120 valence electrons. The minimum absolute atomic E-state index is 0.171. The van der Waals surface area contributed by atoms with E-state index in [2.05, 4.69) is 31.3 Å². The first-order valence-electron chi connectivity index (χ1n) is 8.85. The molecule has 2 fully saturated rings. The summed E-state index contributed by atoms with van der Waals surface area (Å²) in [6.45, 7) is 5.99. The van der Waals surface area contributed by atoms with Gasteiger partial charge in [-0.1, -0.05) is 12.5 Å². The van der Waals surface area contributed by atoms with E-state index in [0.29, 0.717) is 6.54 Å². The van der Waals surface area contributed by atoms with E-state index in [0.717, 1.165) is 17.6 Å². The van der Waals surface area contributed by atoms with Gasteiger partial charge in [-0.3, -0.25) is 4.79 Å². The van der Waals surface area contributed by atoms with Crippen molar-refractivity contribution in [3.05, 3.63) is 29.3 Å². The van der Waals surface area contributed by atoms with E-state index >= 15 is 0 Å². The van der Waals surface area contributed by atoms with E-state index < -0.39 is 0 Å². The smallest absolute Gasteiger partial charge is 0.279 e. The molecule has 1 heterocycles. The number of amides is 1. The first kappa shape index (κ1) is 15.5. The highest BCUT2D eigenvalue weighted by Gasteiger charge is 2.37. The van der Waals surface area contributed by atoms with Gasteiger partial charge in [0.05, 0.1) is 12.6 Å². The maximum Gasteiger partial charge on any atom is 0.279 e. The maximum atomic E-state index is 12.4. The molecule has 1 amide bonds. The molecule has 1 unspecified atom stereocenters. The van der Waals surface area contributed by atoms with Crippen molar-refractivity contribution in [2.75, 3.05) is 18.4 Å². The van der Waals surface area contributed by atoms with Gasteiger partial charge < -0.3 is 10.2 Å². The zero-order valence-electron chi connectivity index (χ0n) is 14.0. The zero-order chi connectivity index (χ0) is 15.5. The summed E-state index contributed by atoms with van der Waals surface area (Å²) in [6, 6.07) is 6.89. The highest BCUT2D eigenvalue weighted by atomic mass is 16.2. The number of likely N-dealkylation sites (tertiary alicyclic amines) is 1. The Bertz CT molecular complexity index is 538. The average Bonchev–Trinajstić information content (AvgIpc) is 2.51. The number of quaternary nitrogens is 1. The lowest BCUT2D eigenvalue weighted by Gasteiger charge is -2.40. The van der Waals surface area contributed by atoms with Gasteiger partial charge in [-0.25, -0.2) is 0 Å². The third-order valence-corrected chi connectivity index (χ3v) is 5.68. The average molecular weight is 301 g/mol. The van der Waals surface area contributed by atoms with Crippen LogP contribution in [-0.4, -0.2) is 25.0 Å². The minimum atomic E-state index is 0.171. The van der Waals surface area contributed by atoms with Gasteiger partial charge in [-0.2, -0.15) is 0 Å². The molecular formula is C19H29N2O+. The third kappa shape index (κ3) is 3.52. The van der Waals surface area contributed by atoms with Gasteiger partial charge in [-0.15, -0.1) is 0 Å². The number of nitrogens with one attached hydrogen (secondary N) is 2. The number of carbonyl (C=O) groups excluding carboxylic acids is 1. The molecule has 2 N–H and O–H groups in total. The highest BCUT2D eigenvalue weighted by molar-refractivity contribution is 5.91. The largest absolute Gasteiger partial charge is 0.324 e. The van der Waals surface area contributed by atoms with E-state index in [-0.39, 0.29) is 5.91 Å². The van der Waals surface area contributed by atoms with Crippen LogP contribution in [0.4, 0.5) is 5.69 Å². The molecular weight excluding hydrogens is 272 g/mol. The van der Waals surface area contributed by atoms with Gasteiger partial charge in [0.1, 0.15) is 0 Å². The Kier molecular flexibility index (Phi) is 4.82. The summed E-state index contributed by atoms with van der Waals surface area (Å²) in [5, 5.41) is 3.09. The first-order valence-corrected chi connectivity index (χ1v) is 8.85. The topological polar surface area (TPSA) is 33.5 Å². The monoisotopic (exact) mass is 301 g/mol. The quantitative estimate of drug-likeness (QED) is 0.883. The van der Waals surface area contributed by atoms with E-state index in [1.54, 1.807) is 0 Å². The molecule has 0 spiro atoms. The van der Waals surface area contributed by atoms with Crippen molar-refractivity contribution in [2.24, 2.45) is 5.92 Å². The number of hydrogen-bond donors (Lipinski definition) is 2. The van der Waals surface area contributed by atoms with Crippen molar-refractivity contribution >= 4 is 11.6 Å². The Hall–Kier alpha value is -1.35. The van der Waals surface area contributed by atoms with Crippen molar-refractivity contribution in [1.82, 2.24) is 0 Å². The van der Waals surface area contributed by atoms with Gasteiger partial charge in [0.2, 0.25) is 0 Å². The molecule has 3 heteroatoms. The zero-order valence-corrected chi connectivity index (χ0v) is 14.0. The van der Waals surface area contributed by atoms with Crippen LogP contribution in [0.25, 0.3) is 0 Å². The van der Waals surface area contributed by atoms with Crippen molar-refractivity contribution in [3.63, 3.8) is 0 Å². The Morgan fingerprint density at radius 3 is 2.73 bits per heavy atom. The molecule has 1 saturated heterocycles. The SMILES string of the molecule is Cc1ccc(NC(=O)C[NH+]2CCC[C@@H]3CCCC[C@@H]32)cc1C. The number of benzene rings is 1. The van der Waals surface area contributed by atoms with E-state index in [1.165, 1.54) is 61.1 Å². The Labute approximate surface area is 134 Å². The standard InChI is InChI=1S/C19H28N2O/c1-14-9-10-17(12-15(14)2)20-19(22)13-21-11-5-7-16-6-3-4-8-18(16)21/h9-10,12,16,18H,3-8,11,13H2,1-2H3,(H,20,22)/p+1/t16-,18-/m0/s1. The van der Waals surface area contributed by atoms with E-state index in [1.807, 2.05) is 6.07 Å². The fourth-order valence-electron chi connectivity index (χ4n) is 4.32. The molecule has 22 heavy (non-hydrogen) atoms. The summed E-state index contributed by atoms with van der Waals surface area (Å²) in [6.07, 6.45) is 8.11. The lowest BCUT2D eigenvalue weighted by atomic mass is 9.78. The second-order valence-corrected chi connectivity index (χ2v) is 7.23. The van der Waals surface area contributed by atoms with Crippen LogP contribution in [0.15, 0.2) is 18.2 Å². The van der Waals surface area contributed by atoms with Crippen LogP contribution in [0, 0.1) is 19.8 Å². The molecule has 1 aromatic rings. The van der Waals surface area contributed by atoms with Crippen LogP contribution < -0.4 is 10.2 Å². The summed E-state index contributed by atoms with van der Waals surface area (Å²) >= 11 is 0. The summed E-state index contributed by atoms with van der Waals surface area (Å²) < 4.78 is 0. The Morgan fingerprint density at radius 2 is 1.91 bits per heavy atom. The van der Waals surface area contributed by atoms with Crippen LogP contribution in [0.1, 0.15) is 49.7 Å². The molecule has 2 aliphatic rings. The predicted molar refractivity (Wildman–Crippen MR) is 90.2 cm³/mol. The van der Waals surface area contributed by atoms with Crippen molar-refractivity contribution in [3.8, 4) is 0 Å². The van der Waals surface area contributed by atoms with Crippen LogP contribution in [0.2, 0.25) is 0 Å². The van der Waals surface area contributed by atoms with Crippen molar-refractivity contribution < 1.29 is 9.69 Å². The lowest BCUT2D eigenvalue weighted by Crippen LogP contribution is -3.18. The number of piperidine rings is 1. The van der Waals surface area contributed by atoms with E-state index in [9.17, 15) is 4.79 Å². The van der Waals surface area contributed by atoms with Crippen molar-refractivity contribution in [1.29, 1.82) is 0 Å². The molecule has 0 aromatic heterocycles. The Balaban J connectivity index is 1.59. The highest BCUT2D eigenvalue weighted by Crippen LogP contribution is 2.28. The number of hydrogen-bond acceptors (Lipinski definition) is 1. The number of rotatable bonds is 3. The summed E-state index contributed by atoms with van der Waals surface area (Å²) in [7, 11) is 0. The molecule has 1 saturated carbocycles. The predicted octanol–water partition coefficient (Wildman–Crippen LogP) is 2.48. The molecule has 3 atom stereocenters.